The molecule has 0 aliphatic carbocycles. The largest absolute Gasteiger partial charge is 0.378 e. The zero-order chi connectivity index (χ0) is 12.4. The van der Waals surface area contributed by atoms with Gasteiger partial charge in [0.2, 0.25) is 0 Å². The molecule has 0 radical (unpaired) electrons. The van der Waals surface area contributed by atoms with Gasteiger partial charge in [-0.25, -0.2) is 0 Å². The van der Waals surface area contributed by atoms with Crippen LogP contribution in [0.15, 0.2) is 47.5 Å². The molecule has 18 heavy (non-hydrogen) atoms. The van der Waals surface area contributed by atoms with Crippen LogP contribution in [0.1, 0.15) is 5.56 Å². The van der Waals surface area contributed by atoms with Crippen LogP contribution in [-0.2, 0) is 6.54 Å². The summed E-state index contributed by atoms with van der Waals surface area (Å²) in [7, 11) is 0. The van der Waals surface area contributed by atoms with Crippen LogP contribution in [0.25, 0.3) is 11.1 Å². The van der Waals surface area contributed by atoms with E-state index >= 15 is 0 Å². The van der Waals surface area contributed by atoms with Crippen molar-refractivity contribution in [2.24, 2.45) is 10.7 Å². The van der Waals surface area contributed by atoms with Gasteiger partial charge in [0.05, 0.1) is 17.9 Å². The van der Waals surface area contributed by atoms with Gasteiger partial charge < -0.3 is 11.1 Å². The van der Waals surface area contributed by atoms with Crippen molar-refractivity contribution >= 4 is 17.6 Å². The van der Waals surface area contributed by atoms with E-state index < -0.39 is 0 Å². The molecule has 0 spiro atoms. The molecule has 3 rings (SSSR count). The van der Waals surface area contributed by atoms with Gasteiger partial charge >= 0.3 is 0 Å². The summed E-state index contributed by atoms with van der Waals surface area (Å²) in [5.74, 6) is 0. The smallest absolute Gasteiger partial charge is 0.0908 e. The predicted octanol–water partition coefficient (Wildman–Crippen LogP) is 2.94. The topological polar surface area (TPSA) is 50.4 Å². The molecule has 0 atom stereocenters. The van der Waals surface area contributed by atoms with E-state index in [0.717, 1.165) is 29.0 Å². The number of aliphatic imine (C=N–C) groups is 1. The molecule has 2 aromatic rings. The molecule has 90 valence electrons. The van der Waals surface area contributed by atoms with Crippen LogP contribution < -0.4 is 11.1 Å². The number of nitrogens with one attached hydrogen (secondary N) is 1. The van der Waals surface area contributed by atoms with Gasteiger partial charge in [-0.3, -0.25) is 4.99 Å². The van der Waals surface area contributed by atoms with E-state index in [0.29, 0.717) is 6.54 Å². The van der Waals surface area contributed by atoms with Crippen LogP contribution in [0.3, 0.4) is 0 Å². The lowest BCUT2D eigenvalue weighted by Gasteiger charge is -2.18. The Labute approximate surface area is 106 Å². The number of hydrogen-bond acceptors (Lipinski definition) is 3. The minimum Gasteiger partial charge on any atom is -0.378 e. The van der Waals surface area contributed by atoms with Crippen molar-refractivity contribution in [1.82, 2.24) is 0 Å². The van der Waals surface area contributed by atoms with E-state index in [1.54, 1.807) is 0 Å². The summed E-state index contributed by atoms with van der Waals surface area (Å²) in [6, 6.07) is 14.5. The van der Waals surface area contributed by atoms with Crippen molar-refractivity contribution in [3.63, 3.8) is 0 Å². The highest BCUT2D eigenvalue weighted by Gasteiger charge is 2.14. The van der Waals surface area contributed by atoms with Crippen molar-refractivity contribution in [3.8, 4) is 11.1 Å². The van der Waals surface area contributed by atoms with Gasteiger partial charge in [0, 0.05) is 18.3 Å². The summed E-state index contributed by atoms with van der Waals surface area (Å²) in [5.41, 5.74) is 11.4. The van der Waals surface area contributed by atoms with E-state index in [9.17, 15) is 0 Å². The quantitative estimate of drug-likeness (QED) is 0.843. The Bertz CT molecular complexity index is 588. The van der Waals surface area contributed by atoms with E-state index in [1.807, 2.05) is 24.4 Å². The standard InChI is InChI=1S/C15H15N3/c16-10-13-12(11-4-2-1-3-5-11)6-7-14-15(13)18-9-8-17-14/h1-7,9,17H,8,10,16H2. The monoisotopic (exact) mass is 237 g/mol. The van der Waals surface area contributed by atoms with E-state index in [2.05, 4.69) is 34.6 Å². The molecule has 0 unspecified atom stereocenters. The molecular formula is C15H15N3. The molecule has 3 nitrogen and oxygen atoms in total. The van der Waals surface area contributed by atoms with Crippen LogP contribution in [0.4, 0.5) is 11.4 Å². The molecule has 0 bridgehead atoms. The minimum absolute atomic E-state index is 0.492. The number of nitrogens with two attached hydrogens (primary N) is 1. The highest BCUT2D eigenvalue weighted by Crippen LogP contribution is 2.37. The van der Waals surface area contributed by atoms with Gasteiger partial charge in [0.25, 0.3) is 0 Å². The third-order valence-electron chi connectivity index (χ3n) is 3.18. The lowest BCUT2D eigenvalue weighted by molar-refractivity contribution is 1.07. The SMILES string of the molecule is NCc1c(-c2ccccc2)ccc2c1N=CCN2. The molecule has 0 saturated carbocycles. The van der Waals surface area contributed by atoms with Gasteiger partial charge in [-0.15, -0.1) is 0 Å². The third-order valence-corrected chi connectivity index (χ3v) is 3.18. The number of fused-ring (bicyclic) bond motifs is 1. The lowest BCUT2D eigenvalue weighted by atomic mass is 9.97. The van der Waals surface area contributed by atoms with Gasteiger partial charge in [-0.05, 0) is 17.2 Å². The normalized spacial score (nSPS) is 12.9. The summed E-state index contributed by atoms with van der Waals surface area (Å²) in [6.45, 7) is 1.27. The van der Waals surface area contributed by atoms with E-state index in [1.165, 1.54) is 5.56 Å². The minimum atomic E-state index is 0.492. The zero-order valence-electron chi connectivity index (χ0n) is 10.1. The Morgan fingerprint density at radius 2 is 1.94 bits per heavy atom. The summed E-state index contributed by atoms with van der Waals surface area (Å²) >= 11 is 0. The number of hydrogen-bond donors (Lipinski definition) is 2. The van der Waals surface area contributed by atoms with Gasteiger partial charge in [-0.2, -0.15) is 0 Å². The third kappa shape index (κ3) is 1.79. The van der Waals surface area contributed by atoms with Crippen LogP contribution in [0, 0.1) is 0 Å². The first-order chi connectivity index (χ1) is 8.90. The van der Waals surface area contributed by atoms with Crippen LogP contribution >= 0.6 is 0 Å². The molecule has 0 fully saturated rings. The van der Waals surface area contributed by atoms with E-state index in [-0.39, 0.29) is 0 Å². The fraction of sp³-hybridized carbons (Fsp3) is 0.133. The second-order valence-electron chi connectivity index (χ2n) is 4.25. The molecule has 1 heterocycles. The summed E-state index contributed by atoms with van der Waals surface area (Å²) in [6.07, 6.45) is 1.89. The molecular weight excluding hydrogens is 222 g/mol. The maximum Gasteiger partial charge on any atom is 0.0908 e. The molecule has 0 saturated heterocycles. The zero-order valence-corrected chi connectivity index (χ0v) is 10.1. The van der Waals surface area contributed by atoms with Crippen LogP contribution in [0.5, 0.6) is 0 Å². The first-order valence-corrected chi connectivity index (χ1v) is 6.08. The Morgan fingerprint density at radius 3 is 2.72 bits per heavy atom. The fourth-order valence-electron chi connectivity index (χ4n) is 2.31. The van der Waals surface area contributed by atoms with Crippen molar-refractivity contribution < 1.29 is 0 Å². The lowest BCUT2D eigenvalue weighted by Crippen LogP contribution is -2.10. The molecule has 1 aliphatic heterocycles. The Morgan fingerprint density at radius 1 is 1.11 bits per heavy atom. The predicted molar refractivity (Wildman–Crippen MR) is 76.4 cm³/mol. The first-order valence-electron chi connectivity index (χ1n) is 6.08. The second-order valence-corrected chi connectivity index (χ2v) is 4.25. The maximum absolute atomic E-state index is 5.91. The molecule has 2 aromatic carbocycles. The summed E-state index contributed by atoms with van der Waals surface area (Å²) in [4.78, 5) is 4.48. The van der Waals surface area contributed by atoms with Gasteiger partial charge in [0.1, 0.15) is 0 Å². The first kappa shape index (κ1) is 11.0. The highest BCUT2D eigenvalue weighted by molar-refractivity contribution is 5.87. The number of rotatable bonds is 2. The van der Waals surface area contributed by atoms with Gasteiger partial charge in [-0.1, -0.05) is 36.4 Å². The fourth-order valence-corrected chi connectivity index (χ4v) is 2.31. The molecule has 1 aliphatic rings. The number of nitrogens with zero attached hydrogens (tertiary/aromatic N) is 1. The highest BCUT2D eigenvalue weighted by atomic mass is 15.0. The van der Waals surface area contributed by atoms with E-state index in [4.69, 9.17) is 5.73 Å². The molecule has 0 amide bonds. The van der Waals surface area contributed by atoms with Gasteiger partial charge in [0.15, 0.2) is 0 Å². The van der Waals surface area contributed by atoms with Crippen molar-refractivity contribution in [2.75, 3.05) is 11.9 Å². The molecule has 0 aromatic heterocycles. The average molecular weight is 237 g/mol. The van der Waals surface area contributed by atoms with Crippen molar-refractivity contribution in [2.45, 2.75) is 6.54 Å². The van der Waals surface area contributed by atoms with Crippen LogP contribution in [0.2, 0.25) is 0 Å². The number of benzene rings is 2. The maximum atomic E-state index is 5.91. The van der Waals surface area contributed by atoms with Crippen molar-refractivity contribution in [1.29, 1.82) is 0 Å². The number of anilines is 1. The Hall–Kier alpha value is -2.13. The molecule has 3 N–H and O–H groups in total. The average Bonchev–Trinajstić information content (AvgIpc) is 2.47. The molecule has 3 heteroatoms. The summed E-state index contributed by atoms with van der Waals surface area (Å²) in [5, 5.41) is 3.31. The Balaban J connectivity index is 2.20. The second kappa shape index (κ2) is 4.63. The Kier molecular flexibility index (Phi) is 2.82. The van der Waals surface area contributed by atoms with Crippen LogP contribution in [-0.4, -0.2) is 12.8 Å². The summed E-state index contributed by atoms with van der Waals surface area (Å²) < 4.78 is 0. The van der Waals surface area contributed by atoms with Crippen molar-refractivity contribution in [3.05, 3.63) is 48.0 Å².